The van der Waals surface area contributed by atoms with Crippen molar-refractivity contribution >= 4 is 16.0 Å². The van der Waals surface area contributed by atoms with Crippen LogP contribution >= 0.6 is 0 Å². The van der Waals surface area contributed by atoms with E-state index < -0.39 is 22.5 Å². The normalized spacial score (nSPS) is 11.1. The summed E-state index contributed by atoms with van der Waals surface area (Å²) in [5, 5.41) is 0. The Morgan fingerprint density at radius 1 is 1.12 bits per heavy atom. The average Bonchev–Trinajstić information content (AvgIpc) is 2.53. The fraction of sp³-hybridized carbons (Fsp3) is 0.235. The number of carbonyl (C=O) groups excluding carboxylic acids is 1. The number of methoxy groups -OCH3 is 1. The Morgan fingerprint density at radius 3 is 2.50 bits per heavy atom. The van der Waals surface area contributed by atoms with Gasteiger partial charge >= 0.3 is 5.97 Å². The molecule has 0 fully saturated rings. The standard InChI is InChI=1S/C17H19NO5S/c1-12-5-4-6-14(9-12)23-17(19)11-18-24(20,21)15-7-8-16(22-3)13(2)10-15/h4-10,18H,11H2,1-3H3. The molecule has 6 nitrogen and oxygen atoms in total. The molecule has 0 radical (unpaired) electrons. The zero-order chi connectivity index (χ0) is 17.7. The number of esters is 1. The van der Waals surface area contributed by atoms with Crippen molar-refractivity contribution < 1.29 is 22.7 Å². The summed E-state index contributed by atoms with van der Waals surface area (Å²) in [6, 6.07) is 11.4. The molecule has 2 rings (SSSR count). The van der Waals surface area contributed by atoms with Gasteiger partial charge in [-0.25, -0.2) is 8.42 Å². The first-order valence-corrected chi connectivity index (χ1v) is 8.72. The molecule has 0 atom stereocenters. The van der Waals surface area contributed by atoms with Gasteiger partial charge in [0.15, 0.2) is 0 Å². The van der Waals surface area contributed by atoms with Crippen LogP contribution in [-0.4, -0.2) is 28.0 Å². The van der Waals surface area contributed by atoms with Crippen molar-refractivity contribution in [1.82, 2.24) is 4.72 Å². The Hall–Kier alpha value is -2.38. The van der Waals surface area contributed by atoms with Crippen LogP contribution in [0.5, 0.6) is 11.5 Å². The highest BCUT2D eigenvalue weighted by Crippen LogP contribution is 2.21. The molecule has 0 amide bonds. The first kappa shape index (κ1) is 18.0. The smallest absolute Gasteiger partial charge is 0.326 e. The van der Waals surface area contributed by atoms with Gasteiger partial charge in [-0.1, -0.05) is 12.1 Å². The average molecular weight is 349 g/mol. The summed E-state index contributed by atoms with van der Waals surface area (Å²) in [6.07, 6.45) is 0. The summed E-state index contributed by atoms with van der Waals surface area (Å²) in [5.74, 6) is 0.279. The minimum atomic E-state index is -3.81. The number of carbonyl (C=O) groups is 1. The number of hydrogen-bond acceptors (Lipinski definition) is 5. The van der Waals surface area contributed by atoms with Gasteiger partial charge in [-0.15, -0.1) is 0 Å². The Bertz CT molecular complexity index is 846. The fourth-order valence-corrected chi connectivity index (χ4v) is 3.16. The third-order valence-corrected chi connectivity index (χ3v) is 4.70. The van der Waals surface area contributed by atoms with E-state index in [1.54, 1.807) is 31.2 Å². The summed E-state index contributed by atoms with van der Waals surface area (Å²) in [6.45, 7) is 3.15. The van der Waals surface area contributed by atoms with Crippen LogP contribution in [0, 0.1) is 13.8 Å². The largest absolute Gasteiger partial charge is 0.496 e. The van der Waals surface area contributed by atoms with Crippen LogP contribution in [0.25, 0.3) is 0 Å². The number of hydrogen-bond donors (Lipinski definition) is 1. The highest BCUT2D eigenvalue weighted by Gasteiger charge is 2.17. The maximum atomic E-state index is 12.2. The second-order valence-corrected chi connectivity index (χ2v) is 7.01. The predicted octanol–water partition coefficient (Wildman–Crippen LogP) is 2.20. The first-order valence-electron chi connectivity index (χ1n) is 7.23. The van der Waals surface area contributed by atoms with Crippen LogP contribution in [0.3, 0.4) is 0 Å². The highest BCUT2D eigenvalue weighted by molar-refractivity contribution is 7.89. The first-order chi connectivity index (χ1) is 11.3. The molecule has 2 aromatic rings. The van der Waals surface area contributed by atoms with Gasteiger partial charge < -0.3 is 9.47 Å². The molecule has 0 aromatic heterocycles. The van der Waals surface area contributed by atoms with Crippen LogP contribution in [-0.2, 0) is 14.8 Å². The topological polar surface area (TPSA) is 81.7 Å². The third-order valence-electron chi connectivity index (χ3n) is 3.30. The van der Waals surface area contributed by atoms with Crippen molar-refractivity contribution in [2.24, 2.45) is 0 Å². The molecular formula is C17H19NO5S. The zero-order valence-corrected chi connectivity index (χ0v) is 14.5. The minimum absolute atomic E-state index is 0.0594. The van der Waals surface area contributed by atoms with Crippen LogP contribution < -0.4 is 14.2 Å². The molecule has 0 bridgehead atoms. The number of benzene rings is 2. The van der Waals surface area contributed by atoms with Gasteiger partial charge in [-0.05, 0) is 55.3 Å². The summed E-state index contributed by atoms with van der Waals surface area (Å²) in [5.41, 5.74) is 1.62. The van der Waals surface area contributed by atoms with Gasteiger partial charge in [-0.2, -0.15) is 4.72 Å². The molecule has 0 heterocycles. The van der Waals surface area contributed by atoms with Gasteiger partial charge in [0.2, 0.25) is 10.0 Å². The molecule has 0 unspecified atom stereocenters. The van der Waals surface area contributed by atoms with Crippen molar-refractivity contribution in [3.63, 3.8) is 0 Å². The van der Waals surface area contributed by atoms with Crippen LogP contribution in [0.2, 0.25) is 0 Å². The van der Waals surface area contributed by atoms with Gasteiger partial charge in [0, 0.05) is 0 Å². The second kappa shape index (κ2) is 7.46. The number of sulfonamides is 1. The van der Waals surface area contributed by atoms with E-state index in [1.807, 2.05) is 13.0 Å². The molecule has 0 aliphatic rings. The van der Waals surface area contributed by atoms with Gasteiger partial charge in [0.05, 0.1) is 12.0 Å². The molecule has 7 heteroatoms. The molecular weight excluding hydrogens is 330 g/mol. The van der Waals surface area contributed by atoms with E-state index in [9.17, 15) is 13.2 Å². The molecule has 0 spiro atoms. The van der Waals surface area contributed by atoms with Crippen molar-refractivity contribution in [1.29, 1.82) is 0 Å². The van der Waals surface area contributed by atoms with E-state index in [4.69, 9.17) is 9.47 Å². The van der Waals surface area contributed by atoms with Gasteiger partial charge in [0.25, 0.3) is 0 Å². The third kappa shape index (κ3) is 4.56. The highest BCUT2D eigenvalue weighted by atomic mass is 32.2. The van der Waals surface area contributed by atoms with E-state index in [2.05, 4.69) is 4.72 Å². The minimum Gasteiger partial charge on any atom is -0.496 e. The number of aryl methyl sites for hydroxylation is 2. The number of ether oxygens (including phenoxy) is 2. The molecule has 1 N–H and O–H groups in total. The monoisotopic (exact) mass is 349 g/mol. The molecule has 24 heavy (non-hydrogen) atoms. The summed E-state index contributed by atoms with van der Waals surface area (Å²) >= 11 is 0. The lowest BCUT2D eigenvalue weighted by atomic mass is 10.2. The lowest BCUT2D eigenvalue weighted by molar-refractivity contribution is -0.133. The Morgan fingerprint density at radius 2 is 1.88 bits per heavy atom. The van der Waals surface area contributed by atoms with Gasteiger partial charge in [-0.3, -0.25) is 4.79 Å². The maximum Gasteiger partial charge on any atom is 0.326 e. The maximum absolute atomic E-state index is 12.2. The van der Waals surface area contributed by atoms with E-state index in [0.717, 1.165) is 5.56 Å². The van der Waals surface area contributed by atoms with E-state index in [0.29, 0.717) is 17.1 Å². The predicted molar refractivity (Wildman–Crippen MR) is 89.7 cm³/mol. The van der Waals surface area contributed by atoms with Crippen molar-refractivity contribution in [3.8, 4) is 11.5 Å². The summed E-state index contributed by atoms with van der Waals surface area (Å²) in [7, 11) is -2.30. The van der Waals surface area contributed by atoms with Crippen molar-refractivity contribution in [3.05, 3.63) is 53.6 Å². The second-order valence-electron chi connectivity index (χ2n) is 5.25. The van der Waals surface area contributed by atoms with E-state index >= 15 is 0 Å². The lowest BCUT2D eigenvalue weighted by Gasteiger charge is -2.10. The molecule has 0 aliphatic heterocycles. The Labute approximate surface area is 141 Å². The van der Waals surface area contributed by atoms with Crippen LogP contribution in [0.15, 0.2) is 47.4 Å². The van der Waals surface area contributed by atoms with Gasteiger partial charge in [0.1, 0.15) is 18.0 Å². The van der Waals surface area contributed by atoms with E-state index in [1.165, 1.54) is 19.2 Å². The van der Waals surface area contributed by atoms with Crippen molar-refractivity contribution in [2.45, 2.75) is 18.7 Å². The SMILES string of the molecule is COc1ccc(S(=O)(=O)NCC(=O)Oc2cccc(C)c2)cc1C. The number of rotatable bonds is 6. The van der Waals surface area contributed by atoms with E-state index in [-0.39, 0.29) is 4.90 Å². The molecule has 0 saturated carbocycles. The summed E-state index contributed by atoms with van der Waals surface area (Å²) in [4.78, 5) is 11.9. The van der Waals surface area contributed by atoms with Crippen LogP contribution in [0.1, 0.15) is 11.1 Å². The molecule has 2 aromatic carbocycles. The van der Waals surface area contributed by atoms with Crippen LogP contribution in [0.4, 0.5) is 0 Å². The summed E-state index contributed by atoms with van der Waals surface area (Å²) < 4.78 is 36.9. The Kier molecular flexibility index (Phi) is 5.58. The molecule has 0 aliphatic carbocycles. The lowest BCUT2D eigenvalue weighted by Crippen LogP contribution is -2.32. The molecule has 128 valence electrons. The van der Waals surface area contributed by atoms with Crippen molar-refractivity contribution in [2.75, 3.05) is 13.7 Å². The quantitative estimate of drug-likeness (QED) is 0.639. The number of nitrogens with one attached hydrogen (secondary N) is 1. The fourth-order valence-electron chi connectivity index (χ4n) is 2.10. The Balaban J connectivity index is 2.02. The zero-order valence-electron chi connectivity index (χ0n) is 13.7. The molecule has 0 saturated heterocycles.